The Labute approximate surface area is 148 Å². The van der Waals surface area contributed by atoms with E-state index in [4.69, 9.17) is 0 Å². The molecule has 2 aromatic carbocycles. The minimum atomic E-state index is -0.0498. The molecule has 1 amide bonds. The largest absolute Gasteiger partial charge is 0.272 e. The highest BCUT2D eigenvalue weighted by molar-refractivity contribution is 7.99. The van der Waals surface area contributed by atoms with Crippen molar-refractivity contribution in [3.05, 3.63) is 71.3 Å². The van der Waals surface area contributed by atoms with E-state index in [1.807, 2.05) is 25.1 Å². The fourth-order valence-electron chi connectivity index (χ4n) is 2.16. The molecule has 0 saturated heterocycles. The molecule has 0 aliphatic heterocycles. The third-order valence-electron chi connectivity index (χ3n) is 3.61. The van der Waals surface area contributed by atoms with Crippen molar-refractivity contribution in [1.82, 2.24) is 5.43 Å². The number of nitrogens with one attached hydrogen (secondary N) is 1. The van der Waals surface area contributed by atoms with Crippen LogP contribution >= 0.6 is 11.8 Å². The molecule has 0 saturated carbocycles. The first-order valence-electron chi connectivity index (χ1n) is 8.12. The van der Waals surface area contributed by atoms with E-state index in [0.29, 0.717) is 5.75 Å². The zero-order chi connectivity index (χ0) is 17.2. The molecule has 0 fully saturated rings. The highest BCUT2D eigenvalue weighted by atomic mass is 32.2. The molecule has 0 heterocycles. The zero-order valence-electron chi connectivity index (χ0n) is 14.3. The van der Waals surface area contributed by atoms with E-state index in [-0.39, 0.29) is 5.91 Å². The Bertz CT molecular complexity index is 666. The van der Waals surface area contributed by atoms with Gasteiger partial charge in [-0.1, -0.05) is 60.2 Å². The molecule has 0 aromatic heterocycles. The first-order chi connectivity index (χ1) is 11.6. The number of hydrogen-bond donors (Lipinski definition) is 1. The van der Waals surface area contributed by atoms with Crippen LogP contribution in [0.2, 0.25) is 0 Å². The van der Waals surface area contributed by atoms with Crippen LogP contribution in [0.25, 0.3) is 0 Å². The van der Waals surface area contributed by atoms with Crippen LogP contribution in [-0.4, -0.2) is 17.4 Å². The summed E-state index contributed by atoms with van der Waals surface area (Å²) in [6.07, 6.45) is 1.79. The number of aryl methyl sites for hydroxylation is 2. The van der Waals surface area contributed by atoms with E-state index in [9.17, 15) is 4.79 Å². The number of amides is 1. The van der Waals surface area contributed by atoms with Gasteiger partial charge in [-0.3, -0.25) is 4.79 Å². The van der Waals surface area contributed by atoms with Crippen molar-refractivity contribution in [3.63, 3.8) is 0 Å². The van der Waals surface area contributed by atoms with Gasteiger partial charge in [0.05, 0.1) is 5.75 Å². The van der Waals surface area contributed by atoms with Crippen molar-refractivity contribution >= 4 is 23.4 Å². The number of nitrogens with zero attached hydrogens (tertiary/aromatic N) is 1. The smallest absolute Gasteiger partial charge is 0.250 e. The summed E-state index contributed by atoms with van der Waals surface area (Å²) in [7, 11) is 0. The van der Waals surface area contributed by atoms with Crippen LogP contribution in [0.1, 0.15) is 30.0 Å². The predicted molar refractivity (Wildman–Crippen MR) is 103 cm³/mol. The van der Waals surface area contributed by atoms with Crippen LogP contribution < -0.4 is 5.43 Å². The normalized spacial score (nSPS) is 11.3. The lowest BCUT2D eigenvalue weighted by Gasteiger charge is -2.04. The van der Waals surface area contributed by atoms with Gasteiger partial charge in [0, 0.05) is 11.5 Å². The highest BCUT2D eigenvalue weighted by Gasteiger charge is 2.02. The van der Waals surface area contributed by atoms with Gasteiger partial charge in [0.1, 0.15) is 0 Å². The molecule has 0 unspecified atom stereocenters. The average molecular weight is 340 g/mol. The molecule has 0 aliphatic rings. The summed E-state index contributed by atoms with van der Waals surface area (Å²) in [5, 5.41) is 4.18. The van der Waals surface area contributed by atoms with Gasteiger partial charge < -0.3 is 0 Å². The molecule has 2 rings (SSSR count). The molecule has 2 aromatic rings. The number of carbonyl (C=O) groups is 1. The van der Waals surface area contributed by atoms with Crippen LogP contribution in [0.15, 0.2) is 59.7 Å². The van der Waals surface area contributed by atoms with Gasteiger partial charge in [0.25, 0.3) is 0 Å². The third-order valence-corrected chi connectivity index (χ3v) is 4.62. The van der Waals surface area contributed by atoms with Crippen molar-refractivity contribution < 1.29 is 4.79 Å². The number of carbonyl (C=O) groups excluding carboxylic acids is 1. The lowest BCUT2D eigenvalue weighted by atomic mass is 10.1. The zero-order valence-corrected chi connectivity index (χ0v) is 15.1. The van der Waals surface area contributed by atoms with Crippen LogP contribution in [0.5, 0.6) is 0 Å². The van der Waals surface area contributed by atoms with E-state index in [0.717, 1.165) is 24.3 Å². The van der Waals surface area contributed by atoms with E-state index in [1.165, 1.54) is 16.7 Å². The molecular weight excluding hydrogens is 316 g/mol. The summed E-state index contributed by atoms with van der Waals surface area (Å²) < 4.78 is 0. The Morgan fingerprint density at radius 2 is 1.75 bits per heavy atom. The molecule has 1 N–H and O–H groups in total. The topological polar surface area (TPSA) is 41.5 Å². The molecule has 24 heavy (non-hydrogen) atoms. The average Bonchev–Trinajstić information content (AvgIpc) is 2.61. The molecule has 126 valence electrons. The number of hydrazone groups is 1. The Morgan fingerprint density at radius 1 is 1.04 bits per heavy atom. The van der Waals surface area contributed by atoms with Crippen molar-refractivity contribution in [3.8, 4) is 0 Å². The molecule has 0 spiro atoms. The summed E-state index contributed by atoms with van der Waals surface area (Å²) in [6.45, 7) is 4.02. The van der Waals surface area contributed by atoms with Crippen molar-refractivity contribution in [1.29, 1.82) is 0 Å². The van der Waals surface area contributed by atoms with E-state index < -0.39 is 0 Å². The van der Waals surface area contributed by atoms with E-state index in [1.54, 1.807) is 11.8 Å². The van der Waals surface area contributed by atoms with Crippen molar-refractivity contribution in [2.24, 2.45) is 5.10 Å². The maximum absolute atomic E-state index is 11.8. The molecule has 0 bridgehead atoms. The second-order valence-electron chi connectivity index (χ2n) is 5.85. The second-order valence-corrected chi connectivity index (χ2v) is 6.83. The number of benzene rings is 2. The number of rotatable bonds is 8. The molecular formula is C20H24N2OS. The maximum atomic E-state index is 11.8. The van der Waals surface area contributed by atoms with Crippen LogP contribution in [0, 0.1) is 6.92 Å². The minimum Gasteiger partial charge on any atom is -0.272 e. The molecule has 0 atom stereocenters. The van der Waals surface area contributed by atoms with E-state index >= 15 is 0 Å². The summed E-state index contributed by atoms with van der Waals surface area (Å²) >= 11 is 1.60. The van der Waals surface area contributed by atoms with Gasteiger partial charge in [0.2, 0.25) is 5.91 Å². The predicted octanol–water partition coefficient (Wildman–Crippen LogP) is 4.35. The highest BCUT2D eigenvalue weighted by Crippen LogP contribution is 2.12. The maximum Gasteiger partial charge on any atom is 0.250 e. The Kier molecular flexibility index (Phi) is 7.56. The SMILES string of the molecule is C/C(CCc1ccccc1)=N/NC(=O)CSCc1ccc(C)cc1. The number of hydrogen-bond acceptors (Lipinski definition) is 3. The lowest BCUT2D eigenvalue weighted by Crippen LogP contribution is -2.21. The Morgan fingerprint density at radius 3 is 2.46 bits per heavy atom. The molecule has 4 heteroatoms. The van der Waals surface area contributed by atoms with Gasteiger partial charge >= 0.3 is 0 Å². The van der Waals surface area contributed by atoms with Gasteiger partial charge in [-0.25, -0.2) is 5.43 Å². The van der Waals surface area contributed by atoms with Crippen molar-refractivity contribution in [2.45, 2.75) is 32.4 Å². The molecule has 3 nitrogen and oxygen atoms in total. The monoisotopic (exact) mass is 340 g/mol. The van der Waals surface area contributed by atoms with Crippen molar-refractivity contribution in [2.75, 3.05) is 5.75 Å². The van der Waals surface area contributed by atoms with Gasteiger partial charge in [-0.2, -0.15) is 5.10 Å². The molecule has 0 radical (unpaired) electrons. The van der Waals surface area contributed by atoms with Gasteiger partial charge in [-0.05, 0) is 37.8 Å². The third kappa shape index (κ3) is 7.01. The summed E-state index contributed by atoms with van der Waals surface area (Å²) in [5.74, 6) is 1.21. The first kappa shape index (κ1) is 18.3. The fraction of sp³-hybridized carbons (Fsp3) is 0.300. The van der Waals surface area contributed by atoms with Gasteiger partial charge in [0.15, 0.2) is 0 Å². The summed E-state index contributed by atoms with van der Waals surface area (Å²) in [5.41, 5.74) is 7.36. The van der Waals surface area contributed by atoms with Gasteiger partial charge in [-0.15, -0.1) is 11.8 Å². The Hall–Kier alpha value is -2.07. The van der Waals surface area contributed by atoms with Crippen LogP contribution in [-0.2, 0) is 17.0 Å². The number of thioether (sulfide) groups is 1. The van der Waals surface area contributed by atoms with Crippen LogP contribution in [0.4, 0.5) is 0 Å². The quantitative estimate of drug-likeness (QED) is 0.573. The molecule has 0 aliphatic carbocycles. The summed E-state index contributed by atoms with van der Waals surface area (Å²) in [4.78, 5) is 11.8. The standard InChI is InChI=1S/C20H24N2OS/c1-16-8-11-19(12-9-16)14-24-15-20(23)22-21-17(2)10-13-18-6-4-3-5-7-18/h3-9,11-12H,10,13-15H2,1-2H3,(H,22,23)/b21-17-. The second kappa shape index (κ2) is 9.93. The fourth-order valence-corrected chi connectivity index (χ4v) is 2.94. The van der Waals surface area contributed by atoms with E-state index in [2.05, 4.69) is 53.8 Å². The summed E-state index contributed by atoms with van der Waals surface area (Å²) in [6, 6.07) is 18.7. The minimum absolute atomic E-state index is 0.0498. The first-order valence-corrected chi connectivity index (χ1v) is 9.28. The lowest BCUT2D eigenvalue weighted by molar-refractivity contribution is -0.118. The van der Waals surface area contributed by atoms with Crippen LogP contribution in [0.3, 0.4) is 0 Å². The Balaban J connectivity index is 1.65.